The molecular formula is C18H20N2O4S. The van der Waals surface area contributed by atoms with E-state index in [-0.39, 0.29) is 11.7 Å². The minimum atomic E-state index is -1.04. The maximum absolute atomic E-state index is 11.9. The van der Waals surface area contributed by atoms with Crippen molar-refractivity contribution in [3.8, 4) is 11.5 Å². The van der Waals surface area contributed by atoms with E-state index in [0.717, 1.165) is 11.3 Å². The number of aliphatic carboxylic acids is 1. The van der Waals surface area contributed by atoms with Crippen LogP contribution in [0.5, 0.6) is 0 Å². The number of thioether (sulfide) groups is 1. The second kappa shape index (κ2) is 9.68. The molecule has 0 aliphatic carbocycles. The highest BCUT2D eigenvalue weighted by atomic mass is 32.2. The Morgan fingerprint density at radius 3 is 2.80 bits per heavy atom. The molecule has 132 valence electrons. The van der Waals surface area contributed by atoms with Crippen LogP contribution in [-0.2, 0) is 15.3 Å². The predicted octanol–water partition coefficient (Wildman–Crippen LogP) is 3.11. The van der Waals surface area contributed by atoms with E-state index in [1.54, 1.807) is 12.3 Å². The van der Waals surface area contributed by atoms with Crippen LogP contribution in [0.4, 0.5) is 0 Å². The van der Waals surface area contributed by atoms with Gasteiger partial charge in [0.1, 0.15) is 12.3 Å². The van der Waals surface area contributed by atoms with Crippen molar-refractivity contribution < 1.29 is 19.1 Å². The first-order chi connectivity index (χ1) is 12.1. The molecule has 1 aromatic carbocycles. The standard InChI is InChI=1S/C18H20N2O4S/c1-2-3-9-15(18(22)23)20-16(21)12-25-11-14-10-24-17(19-14)13-7-5-4-6-8-13/h2,4-8,10,15H,1,3,9,11-12H2,(H,20,21)(H,22,23). The Bertz CT molecular complexity index is 715. The summed E-state index contributed by atoms with van der Waals surface area (Å²) >= 11 is 1.35. The number of carboxylic acid groups (broad SMARTS) is 1. The molecule has 0 fully saturated rings. The highest BCUT2D eigenvalue weighted by Gasteiger charge is 2.18. The number of aromatic nitrogens is 1. The van der Waals surface area contributed by atoms with E-state index >= 15 is 0 Å². The summed E-state index contributed by atoms with van der Waals surface area (Å²) in [7, 11) is 0. The molecule has 0 radical (unpaired) electrons. The third-order valence-corrected chi connectivity index (χ3v) is 4.31. The highest BCUT2D eigenvalue weighted by Crippen LogP contribution is 2.20. The van der Waals surface area contributed by atoms with Gasteiger partial charge in [0.2, 0.25) is 11.8 Å². The van der Waals surface area contributed by atoms with E-state index in [4.69, 9.17) is 9.52 Å². The van der Waals surface area contributed by atoms with Gasteiger partial charge in [-0.25, -0.2) is 9.78 Å². The van der Waals surface area contributed by atoms with Crippen molar-refractivity contribution in [1.82, 2.24) is 10.3 Å². The van der Waals surface area contributed by atoms with E-state index < -0.39 is 12.0 Å². The summed E-state index contributed by atoms with van der Waals surface area (Å²) in [4.78, 5) is 27.4. The SMILES string of the molecule is C=CCCC(NC(=O)CSCc1coc(-c2ccccc2)n1)C(=O)O. The van der Waals surface area contributed by atoms with E-state index in [1.165, 1.54) is 11.8 Å². The summed E-state index contributed by atoms with van der Waals surface area (Å²) in [6.07, 6.45) is 4.06. The zero-order valence-electron chi connectivity index (χ0n) is 13.7. The van der Waals surface area contributed by atoms with Crippen LogP contribution in [0, 0.1) is 0 Å². The number of carbonyl (C=O) groups is 2. The number of hydrogen-bond donors (Lipinski definition) is 2. The summed E-state index contributed by atoms with van der Waals surface area (Å²) < 4.78 is 5.44. The Morgan fingerprint density at radius 2 is 2.12 bits per heavy atom. The highest BCUT2D eigenvalue weighted by molar-refractivity contribution is 7.99. The van der Waals surface area contributed by atoms with Gasteiger partial charge in [0.25, 0.3) is 0 Å². The molecule has 1 amide bonds. The largest absolute Gasteiger partial charge is 0.480 e. The van der Waals surface area contributed by atoms with Gasteiger partial charge >= 0.3 is 5.97 Å². The molecule has 6 nitrogen and oxygen atoms in total. The van der Waals surface area contributed by atoms with Gasteiger partial charge in [-0.1, -0.05) is 24.3 Å². The first-order valence-electron chi connectivity index (χ1n) is 7.80. The molecule has 2 rings (SSSR count). The van der Waals surface area contributed by atoms with E-state index in [1.807, 2.05) is 30.3 Å². The number of benzene rings is 1. The van der Waals surface area contributed by atoms with Crippen molar-refractivity contribution in [3.63, 3.8) is 0 Å². The molecule has 1 aromatic heterocycles. The maximum atomic E-state index is 11.9. The average Bonchev–Trinajstić information content (AvgIpc) is 3.08. The third kappa shape index (κ3) is 6.11. The minimum Gasteiger partial charge on any atom is -0.480 e. The number of nitrogens with zero attached hydrogens (tertiary/aromatic N) is 1. The Hall–Kier alpha value is -2.54. The second-order valence-electron chi connectivity index (χ2n) is 5.33. The van der Waals surface area contributed by atoms with Gasteiger partial charge in [-0.2, -0.15) is 0 Å². The molecular weight excluding hydrogens is 340 g/mol. The molecule has 0 aliphatic rings. The van der Waals surface area contributed by atoms with Crippen LogP contribution in [0.15, 0.2) is 53.7 Å². The number of oxazole rings is 1. The molecule has 2 N–H and O–H groups in total. The maximum Gasteiger partial charge on any atom is 0.326 e. The normalized spacial score (nSPS) is 11.7. The molecule has 0 spiro atoms. The molecule has 25 heavy (non-hydrogen) atoms. The third-order valence-electron chi connectivity index (χ3n) is 3.35. The number of allylic oxidation sites excluding steroid dienone is 1. The summed E-state index contributed by atoms with van der Waals surface area (Å²) in [5.41, 5.74) is 1.63. The Labute approximate surface area is 150 Å². The summed E-state index contributed by atoms with van der Waals surface area (Å²) in [6.45, 7) is 3.55. The fraction of sp³-hybridized carbons (Fsp3) is 0.278. The summed E-state index contributed by atoms with van der Waals surface area (Å²) in [6, 6.07) is 8.66. The molecule has 1 atom stereocenters. The van der Waals surface area contributed by atoms with Crippen LogP contribution in [0.2, 0.25) is 0 Å². The smallest absolute Gasteiger partial charge is 0.326 e. The monoisotopic (exact) mass is 360 g/mol. The van der Waals surface area contributed by atoms with Gasteiger partial charge in [-0.15, -0.1) is 18.3 Å². The van der Waals surface area contributed by atoms with Gasteiger partial charge in [0, 0.05) is 11.3 Å². The number of hydrogen-bond acceptors (Lipinski definition) is 5. The quantitative estimate of drug-likeness (QED) is 0.633. The molecule has 1 unspecified atom stereocenters. The van der Waals surface area contributed by atoms with Crippen molar-refractivity contribution >= 4 is 23.6 Å². The fourth-order valence-electron chi connectivity index (χ4n) is 2.11. The van der Waals surface area contributed by atoms with Gasteiger partial charge in [0.15, 0.2) is 0 Å². The molecule has 7 heteroatoms. The first kappa shape index (κ1) is 18.8. The van der Waals surface area contributed by atoms with Crippen LogP contribution in [0.25, 0.3) is 11.5 Å². The predicted molar refractivity (Wildman–Crippen MR) is 97.1 cm³/mol. The molecule has 1 heterocycles. The summed E-state index contributed by atoms with van der Waals surface area (Å²) in [5.74, 6) is -0.145. The van der Waals surface area contributed by atoms with Crippen LogP contribution >= 0.6 is 11.8 Å². The lowest BCUT2D eigenvalue weighted by molar-refractivity contribution is -0.141. The topological polar surface area (TPSA) is 92.4 Å². The molecule has 2 aromatic rings. The average molecular weight is 360 g/mol. The number of carbonyl (C=O) groups excluding carboxylic acids is 1. The van der Waals surface area contributed by atoms with Crippen LogP contribution < -0.4 is 5.32 Å². The van der Waals surface area contributed by atoms with Gasteiger partial charge in [-0.3, -0.25) is 4.79 Å². The lowest BCUT2D eigenvalue weighted by Crippen LogP contribution is -2.41. The minimum absolute atomic E-state index is 0.158. The fourth-order valence-corrected chi connectivity index (χ4v) is 2.83. The van der Waals surface area contributed by atoms with Crippen molar-refractivity contribution in [2.24, 2.45) is 0 Å². The number of carboxylic acids is 1. The Kier molecular flexibility index (Phi) is 7.28. The van der Waals surface area contributed by atoms with Gasteiger partial charge in [0.05, 0.1) is 11.4 Å². The van der Waals surface area contributed by atoms with Crippen LogP contribution in [0.1, 0.15) is 18.5 Å². The van der Waals surface area contributed by atoms with Crippen molar-refractivity contribution in [3.05, 3.63) is 54.9 Å². The number of amides is 1. The van der Waals surface area contributed by atoms with Gasteiger partial charge in [-0.05, 0) is 25.0 Å². The Balaban J connectivity index is 1.78. The van der Waals surface area contributed by atoms with E-state index in [2.05, 4.69) is 16.9 Å². The summed E-state index contributed by atoms with van der Waals surface area (Å²) in [5, 5.41) is 11.6. The van der Waals surface area contributed by atoms with Crippen molar-refractivity contribution in [1.29, 1.82) is 0 Å². The molecule has 0 aliphatic heterocycles. The molecule has 0 saturated heterocycles. The van der Waals surface area contributed by atoms with Crippen molar-refractivity contribution in [2.45, 2.75) is 24.6 Å². The van der Waals surface area contributed by atoms with Crippen LogP contribution in [0.3, 0.4) is 0 Å². The lowest BCUT2D eigenvalue weighted by Gasteiger charge is -2.13. The first-order valence-corrected chi connectivity index (χ1v) is 8.96. The molecule has 0 bridgehead atoms. The molecule has 0 saturated carbocycles. The number of rotatable bonds is 10. The van der Waals surface area contributed by atoms with E-state index in [9.17, 15) is 9.59 Å². The van der Waals surface area contributed by atoms with Crippen molar-refractivity contribution in [2.75, 3.05) is 5.75 Å². The second-order valence-corrected chi connectivity index (χ2v) is 6.31. The zero-order valence-corrected chi connectivity index (χ0v) is 14.5. The van der Waals surface area contributed by atoms with E-state index in [0.29, 0.717) is 24.5 Å². The Morgan fingerprint density at radius 1 is 1.36 bits per heavy atom. The number of nitrogens with one attached hydrogen (secondary N) is 1. The lowest BCUT2D eigenvalue weighted by atomic mass is 10.1. The van der Waals surface area contributed by atoms with Gasteiger partial charge < -0.3 is 14.8 Å². The zero-order chi connectivity index (χ0) is 18.1. The van der Waals surface area contributed by atoms with Crippen LogP contribution in [-0.4, -0.2) is 33.8 Å².